The molecule has 1 unspecified atom stereocenters. The minimum atomic E-state index is -0.920. The number of nitrogens with zero attached hydrogens (tertiary/aromatic N) is 1. The van der Waals surface area contributed by atoms with E-state index in [1.165, 1.54) is 0 Å². The molecule has 0 spiro atoms. The second-order valence-electron chi connectivity index (χ2n) is 3.35. The fourth-order valence-corrected chi connectivity index (χ4v) is 3.68. The zero-order valence-corrected chi connectivity index (χ0v) is 10.7. The Balaban J connectivity index is 2.19. The molecule has 0 saturated heterocycles. The van der Waals surface area contributed by atoms with Gasteiger partial charge in [-0.1, -0.05) is 49.0 Å². The molecule has 0 saturated carbocycles. The van der Waals surface area contributed by atoms with Crippen molar-refractivity contribution in [3.8, 4) is 0 Å². The minimum Gasteiger partial charge on any atom is -0.252 e. The van der Waals surface area contributed by atoms with E-state index in [1.807, 2.05) is 43.3 Å². The largest absolute Gasteiger partial charge is 0.252 e. The molecule has 0 aliphatic carbocycles. The molecule has 0 fully saturated rings. The smallest absolute Gasteiger partial charge is 0.161 e. The van der Waals surface area contributed by atoms with E-state index >= 15 is 0 Å². The number of hydrogen-bond donors (Lipinski definition) is 0. The lowest BCUT2D eigenvalue weighted by Crippen LogP contribution is -1.99. The molecule has 0 amide bonds. The van der Waals surface area contributed by atoms with Crippen LogP contribution in [0.2, 0.25) is 0 Å². The monoisotopic (exact) mass is 251 g/mol. The molecule has 4 heteroatoms. The van der Waals surface area contributed by atoms with Gasteiger partial charge in [0, 0.05) is 0 Å². The summed E-state index contributed by atoms with van der Waals surface area (Å²) in [4.78, 5) is 4.39. The maximum Gasteiger partial charge on any atom is 0.161 e. The van der Waals surface area contributed by atoms with Gasteiger partial charge in [0.15, 0.2) is 4.38 Å². The Morgan fingerprint density at radius 3 is 2.88 bits per heavy atom. The van der Waals surface area contributed by atoms with Crippen LogP contribution in [0.15, 0.2) is 41.0 Å². The third-order valence-electron chi connectivity index (χ3n) is 2.11. The molecule has 0 bridgehead atoms. The van der Waals surface area contributed by atoms with Crippen molar-refractivity contribution in [2.24, 2.45) is 4.99 Å². The van der Waals surface area contributed by atoms with Gasteiger partial charge in [0.05, 0.1) is 22.2 Å². The molecule has 1 aliphatic heterocycles. The van der Waals surface area contributed by atoms with Crippen LogP contribution in [0.3, 0.4) is 0 Å². The predicted octanol–water partition coefficient (Wildman–Crippen LogP) is 2.90. The Morgan fingerprint density at radius 1 is 1.44 bits per heavy atom. The third-order valence-corrected chi connectivity index (χ3v) is 4.69. The van der Waals surface area contributed by atoms with E-state index in [0.29, 0.717) is 5.75 Å². The lowest BCUT2D eigenvalue weighted by molar-refractivity contribution is 0.692. The SMILES string of the molecule is CCSC1=NC(=Cc2ccccc2)CS1=O. The maximum absolute atomic E-state index is 11.7. The summed E-state index contributed by atoms with van der Waals surface area (Å²) >= 11 is 1.57. The molecule has 0 N–H and O–H groups in total. The summed E-state index contributed by atoms with van der Waals surface area (Å²) in [5.74, 6) is 1.47. The topological polar surface area (TPSA) is 29.4 Å². The van der Waals surface area contributed by atoms with E-state index in [-0.39, 0.29) is 0 Å². The molecule has 2 nitrogen and oxygen atoms in total. The van der Waals surface area contributed by atoms with E-state index in [9.17, 15) is 4.21 Å². The zero-order valence-electron chi connectivity index (χ0n) is 9.05. The Bertz CT molecular complexity index is 451. The molecule has 84 valence electrons. The number of aliphatic imine (C=N–C) groups is 1. The van der Waals surface area contributed by atoms with Gasteiger partial charge in [0.2, 0.25) is 0 Å². The zero-order chi connectivity index (χ0) is 11.4. The van der Waals surface area contributed by atoms with Gasteiger partial charge < -0.3 is 0 Å². The molecule has 0 aromatic heterocycles. The lowest BCUT2D eigenvalue weighted by Gasteiger charge is -1.92. The quantitative estimate of drug-likeness (QED) is 0.809. The fourth-order valence-electron chi connectivity index (χ4n) is 1.43. The van der Waals surface area contributed by atoms with Crippen molar-refractivity contribution in [2.75, 3.05) is 11.5 Å². The van der Waals surface area contributed by atoms with E-state index in [4.69, 9.17) is 0 Å². The summed E-state index contributed by atoms with van der Waals surface area (Å²) < 4.78 is 12.5. The summed E-state index contributed by atoms with van der Waals surface area (Å²) in [5.41, 5.74) is 2.03. The number of thioether (sulfide) groups is 1. The van der Waals surface area contributed by atoms with Crippen LogP contribution in [-0.4, -0.2) is 20.1 Å². The number of rotatable bonds is 2. The van der Waals surface area contributed by atoms with E-state index in [0.717, 1.165) is 21.4 Å². The first-order chi connectivity index (χ1) is 7.79. The van der Waals surface area contributed by atoms with Gasteiger partial charge >= 0.3 is 0 Å². The maximum atomic E-state index is 11.7. The Kier molecular flexibility index (Phi) is 3.96. The number of hydrogen-bond acceptors (Lipinski definition) is 3. The van der Waals surface area contributed by atoms with E-state index < -0.39 is 10.8 Å². The summed E-state index contributed by atoms with van der Waals surface area (Å²) in [6.45, 7) is 2.04. The van der Waals surface area contributed by atoms with Crippen molar-refractivity contribution in [1.29, 1.82) is 0 Å². The van der Waals surface area contributed by atoms with Gasteiger partial charge in [0.25, 0.3) is 0 Å². The second-order valence-corrected chi connectivity index (χ2v) is 6.22. The minimum absolute atomic E-state index is 0.553. The van der Waals surface area contributed by atoms with Crippen molar-refractivity contribution < 1.29 is 4.21 Å². The molecule has 2 rings (SSSR count). The summed E-state index contributed by atoms with van der Waals surface area (Å²) in [6, 6.07) is 10.0. The lowest BCUT2D eigenvalue weighted by atomic mass is 10.2. The van der Waals surface area contributed by atoms with Crippen LogP contribution in [0, 0.1) is 0 Å². The molecule has 1 atom stereocenters. The molecule has 1 heterocycles. The first kappa shape index (κ1) is 11.6. The number of benzene rings is 1. The van der Waals surface area contributed by atoms with E-state index in [1.54, 1.807) is 11.8 Å². The summed E-state index contributed by atoms with van der Waals surface area (Å²) in [5, 5.41) is 0. The van der Waals surface area contributed by atoms with Crippen LogP contribution in [0.25, 0.3) is 6.08 Å². The molecule has 1 aliphatic rings. The molecule has 16 heavy (non-hydrogen) atoms. The Morgan fingerprint density at radius 2 is 2.19 bits per heavy atom. The third kappa shape index (κ3) is 2.83. The highest BCUT2D eigenvalue weighted by Crippen LogP contribution is 2.21. The van der Waals surface area contributed by atoms with Gasteiger partial charge in [0.1, 0.15) is 0 Å². The highest BCUT2D eigenvalue weighted by Gasteiger charge is 2.19. The second kappa shape index (κ2) is 5.46. The van der Waals surface area contributed by atoms with Crippen LogP contribution in [0.1, 0.15) is 12.5 Å². The Hall–Kier alpha value is -0.870. The van der Waals surface area contributed by atoms with Gasteiger partial charge in [-0.15, -0.1) is 0 Å². The van der Waals surface area contributed by atoms with Gasteiger partial charge in [-0.3, -0.25) is 4.21 Å². The fraction of sp³-hybridized carbons (Fsp3) is 0.250. The van der Waals surface area contributed by atoms with Gasteiger partial charge in [-0.25, -0.2) is 4.99 Å². The molecule has 1 aromatic rings. The molecule has 1 aromatic carbocycles. The van der Waals surface area contributed by atoms with Crippen molar-refractivity contribution in [1.82, 2.24) is 0 Å². The average molecular weight is 251 g/mol. The van der Waals surface area contributed by atoms with Crippen LogP contribution in [0.4, 0.5) is 0 Å². The van der Waals surface area contributed by atoms with Crippen molar-refractivity contribution >= 4 is 33.0 Å². The molecular weight excluding hydrogens is 238 g/mol. The summed E-state index contributed by atoms with van der Waals surface area (Å²) in [6.07, 6.45) is 2.00. The van der Waals surface area contributed by atoms with Crippen LogP contribution < -0.4 is 0 Å². The average Bonchev–Trinajstić information content (AvgIpc) is 2.61. The van der Waals surface area contributed by atoms with Crippen LogP contribution in [-0.2, 0) is 10.8 Å². The van der Waals surface area contributed by atoms with Crippen molar-refractivity contribution in [2.45, 2.75) is 6.92 Å². The van der Waals surface area contributed by atoms with Gasteiger partial charge in [-0.2, -0.15) is 0 Å². The van der Waals surface area contributed by atoms with E-state index in [2.05, 4.69) is 4.99 Å². The Labute approximate surface area is 102 Å². The van der Waals surface area contributed by atoms with Gasteiger partial charge in [-0.05, 0) is 17.4 Å². The first-order valence-corrected chi connectivity index (χ1v) is 7.45. The normalized spacial score (nSPS) is 22.4. The highest BCUT2D eigenvalue weighted by atomic mass is 32.2. The molecular formula is C12H13NOS2. The highest BCUT2D eigenvalue weighted by molar-refractivity contribution is 8.33. The standard InChI is InChI=1S/C12H13NOS2/c1-2-15-12-13-11(9-16(12)14)8-10-6-4-3-5-7-10/h3-8H,2,9H2,1H3. The summed E-state index contributed by atoms with van der Waals surface area (Å²) in [7, 11) is -0.920. The molecule has 0 radical (unpaired) electrons. The van der Waals surface area contributed by atoms with Crippen LogP contribution >= 0.6 is 11.8 Å². The van der Waals surface area contributed by atoms with Crippen molar-refractivity contribution in [3.63, 3.8) is 0 Å². The predicted molar refractivity (Wildman–Crippen MR) is 73.0 cm³/mol. The van der Waals surface area contributed by atoms with Crippen LogP contribution in [0.5, 0.6) is 0 Å². The first-order valence-electron chi connectivity index (χ1n) is 5.15. The van der Waals surface area contributed by atoms with Crippen molar-refractivity contribution in [3.05, 3.63) is 41.6 Å².